The van der Waals surface area contributed by atoms with Gasteiger partial charge in [-0.3, -0.25) is 9.59 Å². The summed E-state index contributed by atoms with van der Waals surface area (Å²) >= 11 is 0. The molecule has 2 amide bonds. The van der Waals surface area contributed by atoms with E-state index in [1.54, 1.807) is 12.1 Å². The number of hydrogen-bond acceptors (Lipinski definition) is 3. The first kappa shape index (κ1) is 19.1. The molecule has 3 aliphatic rings. The van der Waals surface area contributed by atoms with Crippen molar-refractivity contribution in [2.75, 3.05) is 6.54 Å². The molecule has 6 heteroatoms. The van der Waals surface area contributed by atoms with E-state index in [0.717, 1.165) is 36.1 Å². The zero-order chi connectivity index (χ0) is 20.9. The maximum atomic E-state index is 13.7. The molecule has 2 aromatic rings. The number of piperidine rings is 1. The maximum absolute atomic E-state index is 13.7. The van der Waals surface area contributed by atoms with Crippen LogP contribution in [-0.4, -0.2) is 34.9 Å². The fourth-order valence-corrected chi connectivity index (χ4v) is 5.34. The quantitative estimate of drug-likeness (QED) is 0.823. The van der Waals surface area contributed by atoms with E-state index in [0.29, 0.717) is 24.9 Å². The standard InChI is InChI=1S/C24H25FN2O3/c1-15-13-18-14-17(5-8-20(18)30-15)23(29)27-12-2-10-24(11-9-21(28)26-24)22(27)16-3-6-19(25)7-4-16/h3-8,14-15,22H,2,9-13H2,1H3,(H,26,28)/t15?,22-,24+/m1/s1. The third-order valence-corrected chi connectivity index (χ3v) is 6.63. The molecule has 30 heavy (non-hydrogen) atoms. The molecule has 2 aromatic carbocycles. The number of carbonyl (C=O) groups is 2. The lowest BCUT2D eigenvalue weighted by Crippen LogP contribution is -2.58. The monoisotopic (exact) mass is 408 g/mol. The van der Waals surface area contributed by atoms with Crippen LogP contribution >= 0.6 is 0 Å². The topological polar surface area (TPSA) is 58.6 Å². The van der Waals surface area contributed by atoms with Gasteiger partial charge in [-0.25, -0.2) is 4.39 Å². The van der Waals surface area contributed by atoms with Gasteiger partial charge >= 0.3 is 0 Å². The van der Waals surface area contributed by atoms with Crippen LogP contribution in [0, 0.1) is 5.82 Å². The van der Waals surface area contributed by atoms with Crippen molar-refractivity contribution in [3.63, 3.8) is 0 Å². The zero-order valence-corrected chi connectivity index (χ0v) is 17.0. The number of halogens is 1. The average Bonchev–Trinajstić information content (AvgIpc) is 3.29. The summed E-state index contributed by atoms with van der Waals surface area (Å²) in [4.78, 5) is 27.7. The van der Waals surface area contributed by atoms with Crippen molar-refractivity contribution in [2.24, 2.45) is 0 Å². The molecule has 0 radical (unpaired) electrons. The van der Waals surface area contributed by atoms with Crippen LogP contribution in [0.4, 0.5) is 4.39 Å². The summed E-state index contributed by atoms with van der Waals surface area (Å²) in [5, 5.41) is 3.17. The predicted octanol–water partition coefficient (Wildman–Crippen LogP) is 3.78. The van der Waals surface area contributed by atoms with E-state index < -0.39 is 5.54 Å². The van der Waals surface area contributed by atoms with Gasteiger partial charge in [0.25, 0.3) is 5.91 Å². The van der Waals surface area contributed by atoms with Crippen LogP contribution in [0.3, 0.4) is 0 Å². The SMILES string of the molecule is CC1Cc2cc(C(=O)N3CCC[C@]4(CCC(=O)N4)[C@H]3c3ccc(F)cc3)ccc2O1. The Morgan fingerprint density at radius 1 is 1.20 bits per heavy atom. The third kappa shape index (κ3) is 3.15. The number of benzene rings is 2. The van der Waals surface area contributed by atoms with E-state index >= 15 is 0 Å². The summed E-state index contributed by atoms with van der Waals surface area (Å²) < 4.78 is 19.4. The Balaban J connectivity index is 1.53. The molecular formula is C24H25FN2O3. The minimum absolute atomic E-state index is 0.0140. The zero-order valence-electron chi connectivity index (χ0n) is 17.0. The van der Waals surface area contributed by atoms with Crippen molar-refractivity contribution >= 4 is 11.8 Å². The average molecular weight is 408 g/mol. The molecule has 1 spiro atoms. The molecule has 3 heterocycles. The Labute approximate surface area is 175 Å². The summed E-state index contributed by atoms with van der Waals surface area (Å²) in [5.74, 6) is 0.476. The van der Waals surface area contributed by atoms with Crippen LogP contribution in [0.1, 0.15) is 60.1 Å². The second-order valence-electron chi connectivity index (χ2n) is 8.72. The lowest BCUT2D eigenvalue weighted by Gasteiger charge is -2.48. The fourth-order valence-electron chi connectivity index (χ4n) is 5.34. The Bertz CT molecular complexity index is 1010. The van der Waals surface area contributed by atoms with Gasteiger partial charge in [-0.2, -0.15) is 0 Å². The molecular weight excluding hydrogens is 383 g/mol. The van der Waals surface area contributed by atoms with Crippen LogP contribution in [-0.2, 0) is 11.2 Å². The molecule has 0 saturated carbocycles. The van der Waals surface area contributed by atoms with Crippen molar-refractivity contribution in [3.05, 3.63) is 65.0 Å². The number of hydrogen-bond donors (Lipinski definition) is 1. The number of rotatable bonds is 2. The second kappa shape index (κ2) is 7.11. The molecule has 1 unspecified atom stereocenters. The van der Waals surface area contributed by atoms with Gasteiger partial charge in [0.05, 0.1) is 11.6 Å². The highest BCUT2D eigenvalue weighted by Crippen LogP contribution is 2.45. The highest BCUT2D eigenvalue weighted by Gasteiger charge is 2.50. The molecule has 0 aliphatic carbocycles. The van der Waals surface area contributed by atoms with E-state index in [1.807, 2.05) is 30.0 Å². The Morgan fingerprint density at radius 3 is 2.73 bits per heavy atom. The lowest BCUT2D eigenvalue weighted by molar-refractivity contribution is -0.120. The van der Waals surface area contributed by atoms with Crippen LogP contribution in [0.5, 0.6) is 5.75 Å². The number of nitrogens with zero attached hydrogens (tertiary/aromatic N) is 1. The van der Waals surface area contributed by atoms with Gasteiger partial charge in [0, 0.05) is 24.9 Å². The summed E-state index contributed by atoms with van der Waals surface area (Å²) in [6.07, 6.45) is 3.65. The summed E-state index contributed by atoms with van der Waals surface area (Å²) in [7, 11) is 0. The summed E-state index contributed by atoms with van der Waals surface area (Å²) in [5.41, 5.74) is 2.02. The largest absolute Gasteiger partial charge is 0.490 e. The molecule has 156 valence electrons. The van der Waals surface area contributed by atoms with E-state index in [1.165, 1.54) is 12.1 Å². The highest BCUT2D eigenvalue weighted by atomic mass is 19.1. The first-order valence-corrected chi connectivity index (χ1v) is 10.6. The van der Waals surface area contributed by atoms with Crippen molar-refractivity contribution < 1.29 is 18.7 Å². The van der Waals surface area contributed by atoms with E-state index in [-0.39, 0.29) is 29.8 Å². The molecule has 0 aromatic heterocycles. The minimum Gasteiger partial charge on any atom is -0.490 e. The van der Waals surface area contributed by atoms with E-state index in [2.05, 4.69) is 5.32 Å². The molecule has 3 atom stereocenters. The van der Waals surface area contributed by atoms with E-state index in [4.69, 9.17) is 4.74 Å². The van der Waals surface area contributed by atoms with Gasteiger partial charge in [0.1, 0.15) is 17.7 Å². The Morgan fingerprint density at radius 2 is 2.00 bits per heavy atom. The van der Waals surface area contributed by atoms with Crippen LogP contribution in [0.15, 0.2) is 42.5 Å². The van der Waals surface area contributed by atoms with Gasteiger partial charge in [0.2, 0.25) is 5.91 Å². The first-order valence-electron chi connectivity index (χ1n) is 10.6. The van der Waals surface area contributed by atoms with Crippen molar-refractivity contribution in [1.82, 2.24) is 10.2 Å². The fraction of sp³-hybridized carbons (Fsp3) is 0.417. The lowest BCUT2D eigenvalue weighted by atomic mass is 9.76. The number of fused-ring (bicyclic) bond motifs is 1. The van der Waals surface area contributed by atoms with Gasteiger partial charge in [-0.05, 0) is 67.6 Å². The first-order chi connectivity index (χ1) is 14.4. The molecule has 0 bridgehead atoms. The number of amides is 2. The molecule has 5 nitrogen and oxygen atoms in total. The number of carbonyl (C=O) groups excluding carboxylic acids is 2. The smallest absolute Gasteiger partial charge is 0.254 e. The van der Waals surface area contributed by atoms with Gasteiger partial charge in [0.15, 0.2) is 0 Å². The normalized spacial score (nSPS) is 27.7. The van der Waals surface area contributed by atoms with Gasteiger partial charge in [-0.1, -0.05) is 12.1 Å². The molecule has 2 fully saturated rings. The van der Waals surface area contributed by atoms with Crippen LogP contribution < -0.4 is 10.1 Å². The minimum atomic E-state index is -0.503. The number of nitrogens with one attached hydrogen (secondary N) is 1. The van der Waals surface area contributed by atoms with Crippen molar-refractivity contribution in [3.8, 4) is 5.75 Å². The summed E-state index contributed by atoms with van der Waals surface area (Å²) in [6, 6.07) is 11.6. The Hall–Kier alpha value is -2.89. The van der Waals surface area contributed by atoms with Gasteiger partial charge in [-0.15, -0.1) is 0 Å². The second-order valence-corrected chi connectivity index (χ2v) is 8.72. The third-order valence-electron chi connectivity index (χ3n) is 6.63. The summed E-state index contributed by atoms with van der Waals surface area (Å²) in [6.45, 7) is 2.62. The van der Waals surface area contributed by atoms with Crippen LogP contribution in [0.25, 0.3) is 0 Å². The molecule has 1 N–H and O–H groups in total. The van der Waals surface area contributed by atoms with Crippen molar-refractivity contribution in [1.29, 1.82) is 0 Å². The highest BCUT2D eigenvalue weighted by molar-refractivity contribution is 5.95. The van der Waals surface area contributed by atoms with Gasteiger partial charge < -0.3 is 15.0 Å². The molecule has 3 aliphatic heterocycles. The number of likely N-dealkylation sites (tertiary alicyclic amines) is 1. The van der Waals surface area contributed by atoms with E-state index in [9.17, 15) is 14.0 Å². The predicted molar refractivity (Wildman–Crippen MR) is 110 cm³/mol. The molecule has 2 saturated heterocycles. The Kier molecular flexibility index (Phi) is 4.53. The van der Waals surface area contributed by atoms with Crippen molar-refractivity contribution in [2.45, 2.75) is 56.7 Å². The number of ether oxygens (including phenoxy) is 1. The maximum Gasteiger partial charge on any atom is 0.254 e. The van der Waals surface area contributed by atoms with Crippen LogP contribution in [0.2, 0.25) is 0 Å². The molecule has 5 rings (SSSR count).